The van der Waals surface area contributed by atoms with E-state index in [4.69, 9.17) is 9.47 Å². The predicted octanol–water partition coefficient (Wildman–Crippen LogP) is 4.91. The van der Waals surface area contributed by atoms with Crippen molar-refractivity contribution in [1.29, 1.82) is 0 Å². The minimum atomic E-state index is -1.30. The van der Waals surface area contributed by atoms with Crippen molar-refractivity contribution < 1.29 is 38.2 Å². The molecule has 2 N–H and O–H groups in total. The molecule has 46 heavy (non-hydrogen) atoms. The highest BCUT2D eigenvalue weighted by atomic mass is 16.5. The number of rotatable bonds is 11. The van der Waals surface area contributed by atoms with Crippen molar-refractivity contribution >= 4 is 46.9 Å². The molecular weight excluding hydrogens is 590 g/mol. The maximum atomic E-state index is 13.5. The summed E-state index contributed by atoms with van der Waals surface area (Å²) in [6, 6.07) is 13.4. The maximum absolute atomic E-state index is 13.5. The Kier molecular flexibility index (Phi) is 10.4. The van der Waals surface area contributed by atoms with Crippen molar-refractivity contribution in [3.8, 4) is 0 Å². The molecule has 0 bridgehead atoms. The summed E-state index contributed by atoms with van der Waals surface area (Å²) >= 11 is 0. The third kappa shape index (κ3) is 7.48. The Morgan fingerprint density at radius 1 is 0.717 bits per heavy atom. The molecule has 0 spiro atoms. The molecule has 4 rings (SSSR count). The number of amides is 4. The van der Waals surface area contributed by atoms with Crippen LogP contribution in [0.25, 0.3) is 0 Å². The standard InChI is InChI=1S/C35H37N3O8/c1-19(2)15-29(35(44)46-18-31(40)37-28-12-8-10-21(4)23(28)6)38-32(41)25-14-13-24(16-26(25)33(38)42)34(43)45-17-30(39)36-27-11-7-9-20(3)22(27)5/h7-14,16,19,29H,15,17-18H2,1-6H3,(H,36,39)(H,37,40). The summed E-state index contributed by atoms with van der Waals surface area (Å²) in [7, 11) is 0. The van der Waals surface area contributed by atoms with Gasteiger partial charge in [0, 0.05) is 11.4 Å². The Balaban J connectivity index is 1.42. The lowest BCUT2D eigenvalue weighted by atomic mass is 10.0. The zero-order valence-corrected chi connectivity index (χ0v) is 26.7. The molecule has 11 nitrogen and oxygen atoms in total. The zero-order valence-electron chi connectivity index (χ0n) is 26.7. The van der Waals surface area contributed by atoms with E-state index in [1.807, 2.05) is 53.7 Å². The molecule has 0 saturated heterocycles. The van der Waals surface area contributed by atoms with Crippen molar-refractivity contribution in [3.05, 3.63) is 93.5 Å². The first kappa shape index (κ1) is 33.6. The highest BCUT2D eigenvalue weighted by molar-refractivity contribution is 6.23. The molecule has 1 aliphatic heterocycles. The van der Waals surface area contributed by atoms with Gasteiger partial charge in [-0.1, -0.05) is 38.1 Å². The number of fused-ring (bicyclic) bond motifs is 1. The van der Waals surface area contributed by atoms with Gasteiger partial charge in [0.25, 0.3) is 23.6 Å². The number of benzene rings is 3. The molecule has 0 aliphatic carbocycles. The number of imide groups is 1. The van der Waals surface area contributed by atoms with Crippen molar-refractivity contribution in [1.82, 2.24) is 4.90 Å². The van der Waals surface area contributed by atoms with Crippen molar-refractivity contribution in [2.45, 2.75) is 54.0 Å². The van der Waals surface area contributed by atoms with Crippen LogP contribution in [0.3, 0.4) is 0 Å². The molecule has 1 heterocycles. The van der Waals surface area contributed by atoms with Gasteiger partial charge < -0.3 is 20.1 Å². The Bertz CT molecular complexity index is 1730. The third-order valence-electron chi connectivity index (χ3n) is 7.87. The number of aryl methyl sites for hydroxylation is 2. The van der Waals surface area contributed by atoms with Gasteiger partial charge in [0.2, 0.25) is 0 Å². The molecule has 3 aromatic rings. The molecule has 1 unspecified atom stereocenters. The lowest BCUT2D eigenvalue weighted by Crippen LogP contribution is -2.46. The number of carbonyl (C=O) groups is 6. The topological polar surface area (TPSA) is 148 Å². The van der Waals surface area contributed by atoms with Crippen LogP contribution in [0, 0.1) is 33.6 Å². The van der Waals surface area contributed by atoms with Crippen LogP contribution in [0.2, 0.25) is 0 Å². The van der Waals surface area contributed by atoms with Gasteiger partial charge >= 0.3 is 11.9 Å². The predicted molar refractivity (Wildman–Crippen MR) is 171 cm³/mol. The van der Waals surface area contributed by atoms with E-state index in [1.165, 1.54) is 18.2 Å². The number of ether oxygens (including phenoxy) is 2. The van der Waals surface area contributed by atoms with E-state index in [0.29, 0.717) is 11.4 Å². The van der Waals surface area contributed by atoms with Crippen LogP contribution in [0.4, 0.5) is 11.4 Å². The normalized spacial score (nSPS) is 12.9. The minimum Gasteiger partial charge on any atom is -0.454 e. The van der Waals surface area contributed by atoms with Crippen molar-refractivity contribution in [2.75, 3.05) is 23.8 Å². The quantitative estimate of drug-likeness (QED) is 0.225. The first-order chi connectivity index (χ1) is 21.8. The number of hydrogen-bond acceptors (Lipinski definition) is 8. The van der Waals surface area contributed by atoms with E-state index in [2.05, 4.69) is 10.6 Å². The Hall–Kier alpha value is -5.32. The number of anilines is 2. The second kappa shape index (κ2) is 14.2. The third-order valence-corrected chi connectivity index (χ3v) is 7.87. The van der Waals surface area contributed by atoms with Crippen molar-refractivity contribution in [2.24, 2.45) is 5.92 Å². The van der Waals surface area contributed by atoms with Crippen LogP contribution >= 0.6 is 0 Å². The molecule has 0 fully saturated rings. The largest absolute Gasteiger partial charge is 0.454 e. The number of hydrogen-bond donors (Lipinski definition) is 2. The maximum Gasteiger partial charge on any atom is 0.338 e. The SMILES string of the molecule is Cc1cccc(NC(=O)COC(=O)c2ccc3c(c2)C(=O)N(C(CC(C)C)C(=O)OCC(=O)Nc2cccc(C)c2C)C3=O)c1C. The van der Waals surface area contributed by atoms with Gasteiger partial charge in [-0.15, -0.1) is 0 Å². The van der Waals surface area contributed by atoms with Crippen LogP contribution < -0.4 is 10.6 Å². The molecule has 4 amide bonds. The summed E-state index contributed by atoms with van der Waals surface area (Å²) in [4.78, 5) is 78.6. The van der Waals surface area contributed by atoms with E-state index in [-0.39, 0.29) is 29.0 Å². The summed E-state index contributed by atoms with van der Waals surface area (Å²) in [5.74, 6) is -4.53. The summed E-state index contributed by atoms with van der Waals surface area (Å²) in [5.41, 5.74) is 4.76. The van der Waals surface area contributed by atoms with E-state index in [9.17, 15) is 28.8 Å². The fourth-order valence-electron chi connectivity index (χ4n) is 5.02. The lowest BCUT2D eigenvalue weighted by molar-refractivity contribution is -0.151. The average molecular weight is 628 g/mol. The lowest BCUT2D eigenvalue weighted by Gasteiger charge is -2.25. The fraction of sp³-hybridized carbons (Fsp3) is 0.314. The van der Waals surface area contributed by atoms with Gasteiger partial charge in [-0.3, -0.25) is 24.1 Å². The van der Waals surface area contributed by atoms with Gasteiger partial charge in [-0.2, -0.15) is 0 Å². The number of nitrogens with zero attached hydrogens (tertiary/aromatic N) is 1. The van der Waals surface area contributed by atoms with Gasteiger partial charge in [0.15, 0.2) is 13.2 Å². The van der Waals surface area contributed by atoms with Crippen LogP contribution in [-0.4, -0.2) is 59.7 Å². The van der Waals surface area contributed by atoms with Gasteiger partial charge in [0.1, 0.15) is 6.04 Å². The van der Waals surface area contributed by atoms with E-state index in [1.54, 1.807) is 24.3 Å². The van der Waals surface area contributed by atoms with Gasteiger partial charge in [-0.05, 0) is 92.6 Å². The summed E-state index contributed by atoms with van der Waals surface area (Å²) < 4.78 is 10.4. The van der Waals surface area contributed by atoms with E-state index >= 15 is 0 Å². The highest BCUT2D eigenvalue weighted by Gasteiger charge is 2.44. The monoisotopic (exact) mass is 627 g/mol. The molecule has 0 radical (unpaired) electrons. The van der Waals surface area contributed by atoms with Crippen LogP contribution in [0.1, 0.15) is 73.6 Å². The first-order valence-corrected chi connectivity index (χ1v) is 14.9. The van der Waals surface area contributed by atoms with Crippen LogP contribution in [-0.2, 0) is 23.9 Å². The molecule has 11 heteroatoms. The van der Waals surface area contributed by atoms with Gasteiger partial charge in [0.05, 0.1) is 16.7 Å². The second-order valence-electron chi connectivity index (χ2n) is 11.7. The number of carbonyl (C=O) groups excluding carboxylic acids is 6. The fourth-order valence-corrected chi connectivity index (χ4v) is 5.02. The number of nitrogens with one attached hydrogen (secondary N) is 2. The zero-order chi connectivity index (χ0) is 33.7. The summed E-state index contributed by atoms with van der Waals surface area (Å²) in [6.45, 7) is 9.98. The Morgan fingerprint density at radius 3 is 1.78 bits per heavy atom. The smallest absolute Gasteiger partial charge is 0.338 e. The van der Waals surface area contributed by atoms with Crippen LogP contribution in [0.5, 0.6) is 0 Å². The highest BCUT2D eigenvalue weighted by Crippen LogP contribution is 2.29. The Morgan fingerprint density at radius 2 is 1.24 bits per heavy atom. The summed E-state index contributed by atoms with van der Waals surface area (Å²) in [6.07, 6.45) is 0.0906. The molecule has 0 aromatic heterocycles. The Labute approximate surface area is 267 Å². The van der Waals surface area contributed by atoms with Gasteiger partial charge in [-0.25, -0.2) is 9.59 Å². The molecule has 1 atom stereocenters. The van der Waals surface area contributed by atoms with Crippen molar-refractivity contribution in [3.63, 3.8) is 0 Å². The molecule has 0 saturated carbocycles. The van der Waals surface area contributed by atoms with Crippen LogP contribution in [0.15, 0.2) is 54.6 Å². The second-order valence-corrected chi connectivity index (χ2v) is 11.7. The molecule has 240 valence electrons. The summed E-state index contributed by atoms with van der Waals surface area (Å²) in [5, 5.41) is 5.41. The molecular formula is C35H37N3O8. The minimum absolute atomic E-state index is 0.00318. The van der Waals surface area contributed by atoms with E-state index < -0.39 is 54.8 Å². The first-order valence-electron chi connectivity index (χ1n) is 14.9. The molecule has 3 aromatic carbocycles. The average Bonchev–Trinajstić information content (AvgIpc) is 3.26. The van der Waals surface area contributed by atoms with E-state index in [0.717, 1.165) is 27.2 Å². The molecule has 1 aliphatic rings. The number of esters is 2.